The quantitative estimate of drug-likeness (QED) is 0.867. The van der Waals surface area contributed by atoms with Crippen molar-refractivity contribution in [1.29, 1.82) is 0 Å². The highest BCUT2D eigenvalue weighted by molar-refractivity contribution is 5.38. The van der Waals surface area contributed by atoms with Crippen LogP contribution in [0.5, 0.6) is 0 Å². The zero-order chi connectivity index (χ0) is 14.5. The summed E-state index contributed by atoms with van der Waals surface area (Å²) in [6.45, 7) is 11.2. The summed E-state index contributed by atoms with van der Waals surface area (Å²) in [7, 11) is 0. The Kier molecular flexibility index (Phi) is 5.58. The maximum absolute atomic E-state index is 5.58. The molecule has 1 aliphatic heterocycles. The van der Waals surface area contributed by atoms with E-state index in [1.54, 1.807) is 0 Å². The van der Waals surface area contributed by atoms with Gasteiger partial charge in [0.1, 0.15) is 0 Å². The van der Waals surface area contributed by atoms with Crippen molar-refractivity contribution in [2.24, 2.45) is 0 Å². The van der Waals surface area contributed by atoms with Crippen LogP contribution in [0.1, 0.15) is 35.6 Å². The van der Waals surface area contributed by atoms with Gasteiger partial charge >= 0.3 is 0 Å². The minimum absolute atomic E-state index is 0.0369. The monoisotopic (exact) mass is 277 g/mol. The normalized spacial score (nSPS) is 17.6. The van der Waals surface area contributed by atoms with Gasteiger partial charge in [-0.05, 0) is 50.4 Å². The molecular weight excluding hydrogens is 250 g/mol. The Morgan fingerprint density at radius 2 is 1.75 bits per heavy atom. The number of ether oxygens (including phenoxy) is 2. The van der Waals surface area contributed by atoms with Gasteiger partial charge in [0.2, 0.25) is 0 Å². The van der Waals surface area contributed by atoms with Crippen molar-refractivity contribution in [3.05, 3.63) is 34.4 Å². The topological polar surface area (TPSA) is 30.5 Å². The minimum Gasteiger partial charge on any atom is -0.350 e. The van der Waals surface area contributed by atoms with Gasteiger partial charge in [0, 0.05) is 12.5 Å². The fraction of sp³-hybridized carbons (Fsp3) is 0.647. The number of likely N-dealkylation sites (N-methyl/N-ethyl adjacent to an activating group) is 1. The molecular formula is C17H27NO2. The van der Waals surface area contributed by atoms with Crippen molar-refractivity contribution < 1.29 is 9.47 Å². The second-order valence-corrected chi connectivity index (χ2v) is 5.74. The molecule has 1 heterocycles. The van der Waals surface area contributed by atoms with Crippen molar-refractivity contribution in [2.45, 2.75) is 52.9 Å². The minimum atomic E-state index is -0.0369. The van der Waals surface area contributed by atoms with Crippen LogP contribution in [0, 0.1) is 20.8 Å². The summed E-state index contributed by atoms with van der Waals surface area (Å²) < 4.78 is 11.2. The summed E-state index contributed by atoms with van der Waals surface area (Å²) in [5, 5.41) is 3.57. The molecule has 0 saturated carbocycles. The number of hydrogen-bond donors (Lipinski definition) is 1. The molecule has 112 valence electrons. The van der Waals surface area contributed by atoms with E-state index in [2.05, 4.69) is 45.1 Å². The molecule has 0 bridgehead atoms. The summed E-state index contributed by atoms with van der Waals surface area (Å²) in [6.07, 6.45) is 1.92. The molecule has 1 N–H and O–H groups in total. The molecule has 3 nitrogen and oxygen atoms in total. The van der Waals surface area contributed by atoms with E-state index in [1.807, 2.05) is 0 Å². The first-order valence-corrected chi connectivity index (χ1v) is 7.63. The molecule has 1 fully saturated rings. The highest BCUT2D eigenvalue weighted by Gasteiger charge is 2.22. The smallest absolute Gasteiger partial charge is 0.159 e. The molecule has 3 heteroatoms. The van der Waals surface area contributed by atoms with Gasteiger partial charge in [-0.15, -0.1) is 0 Å². The lowest BCUT2D eigenvalue weighted by atomic mass is 9.93. The van der Waals surface area contributed by atoms with Gasteiger partial charge in [-0.25, -0.2) is 0 Å². The Bertz CT molecular complexity index is 416. The third kappa shape index (κ3) is 4.05. The molecule has 1 atom stereocenters. The lowest BCUT2D eigenvalue weighted by molar-refractivity contribution is -0.0525. The molecule has 0 aliphatic carbocycles. The van der Waals surface area contributed by atoms with Crippen LogP contribution in [0.2, 0.25) is 0 Å². The van der Waals surface area contributed by atoms with E-state index < -0.39 is 0 Å². The van der Waals surface area contributed by atoms with Gasteiger partial charge < -0.3 is 14.8 Å². The molecule has 1 saturated heterocycles. The third-order valence-corrected chi connectivity index (χ3v) is 3.95. The van der Waals surface area contributed by atoms with Crippen molar-refractivity contribution in [1.82, 2.24) is 5.32 Å². The Balaban J connectivity index is 2.07. The molecule has 1 aliphatic rings. The predicted octanol–water partition coefficient (Wildman–Crippen LogP) is 2.90. The zero-order valence-electron chi connectivity index (χ0n) is 13.2. The summed E-state index contributed by atoms with van der Waals surface area (Å²) in [5.41, 5.74) is 5.57. The first kappa shape index (κ1) is 15.5. The Morgan fingerprint density at radius 1 is 1.15 bits per heavy atom. The first-order valence-electron chi connectivity index (χ1n) is 7.63. The Morgan fingerprint density at radius 3 is 2.30 bits per heavy atom. The van der Waals surface area contributed by atoms with Gasteiger partial charge in [0.25, 0.3) is 0 Å². The lowest BCUT2D eigenvalue weighted by Crippen LogP contribution is -2.35. The molecule has 0 amide bonds. The second kappa shape index (κ2) is 7.21. The molecule has 0 radical (unpaired) electrons. The number of hydrogen-bond acceptors (Lipinski definition) is 3. The highest BCUT2D eigenvalue weighted by atomic mass is 16.7. The number of aryl methyl sites for hydroxylation is 3. The molecule has 1 unspecified atom stereocenters. The number of benzene rings is 1. The van der Waals surface area contributed by atoms with Gasteiger partial charge in [0.05, 0.1) is 13.2 Å². The highest BCUT2D eigenvalue weighted by Crippen LogP contribution is 2.20. The Labute approximate surface area is 122 Å². The van der Waals surface area contributed by atoms with Gasteiger partial charge in [-0.2, -0.15) is 0 Å². The summed E-state index contributed by atoms with van der Waals surface area (Å²) >= 11 is 0. The predicted molar refractivity (Wildman–Crippen MR) is 82.1 cm³/mol. The maximum Gasteiger partial charge on any atom is 0.159 e. The summed E-state index contributed by atoms with van der Waals surface area (Å²) in [5.74, 6) is 0. The standard InChI is InChI=1S/C17H27NO2/c1-5-18-15(11-17-19-6-7-20-17)10-16-13(3)8-12(2)9-14(16)4/h8-9,15,17-18H,5-7,10-11H2,1-4H3. The van der Waals surface area contributed by atoms with Crippen LogP contribution in [-0.2, 0) is 15.9 Å². The SMILES string of the molecule is CCNC(Cc1c(C)cc(C)cc1C)CC1OCCO1. The second-order valence-electron chi connectivity index (χ2n) is 5.74. The van der Waals surface area contributed by atoms with Gasteiger partial charge in [-0.1, -0.05) is 24.6 Å². The number of rotatable bonds is 6. The zero-order valence-corrected chi connectivity index (χ0v) is 13.2. The van der Waals surface area contributed by atoms with Gasteiger partial charge in [-0.3, -0.25) is 0 Å². The molecule has 1 aromatic rings. The summed E-state index contributed by atoms with van der Waals surface area (Å²) in [6, 6.07) is 4.95. The van der Waals surface area contributed by atoms with Crippen molar-refractivity contribution in [3.8, 4) is 0 Å². The third-order valence-electron chi connectivity index (χ3n) is 3.95. The van der Waals surface area contributed by atoms with E-state index in [1.165, 1.54) is 22.3 Å². The van der Waals surface area contributed by atoms with Crippen molar-refractivity contribution in [3.63, 3.8) is 0 Å². The van der Waals surface area contributed by atoms with Crippen LogP contribution in [0.4, 0.5) is 0 Å². The molecule has 0 spiro atoms. The maximum atomic E-state index is 5.58. The van der Waals surface area contributed by atoms with Crippen LogP contribution in [0.3, 0.4) is 0 Å². The lowest BCUT2D eigenvalue weighted by Gasteiger charge is -2.23. The summed E-state index contributed by atoms with van der Waals surface area (Å²) in [4.78, 5) is 0. The largest absolute Gasteiger partial charge is 0.350 e. The van der Waals surface area contributed by atoms with Crippen LogP contribution in [-0.4, -0.2) is 32.1 Å². The van der Waals surface area contributed by atoms with E-state index in [0.717, 1.165) is 32.6 Å². The fourth-order valence-electron chi connectivity index (χ4n) is 3.08. The molecule has 1 aromatic carbocycles. The van der Waals surface area contributed by atoms with Crippen LogP contribution in [0.25, 0.3) is 0 Å². The average molecular weight is 277 g/mol. The van der Waals surface area contributed by atoms with E-state index in [9.17, 15) is 0 Å². The van der Waals surface area contributed by atoms with Crippen LogP contribution in [0.15, 0.2) is 12.1 Å². The average Bonchev–Trinajstić information content (AvgIpc) is 2.86. The van der Waals surface area contributed by atoms with E-state index in [-0.39, 0.29) is 6.29 Å². The van der Waals surface area contributed by atoms with E-state index in [4.69, 9.17) is 9.47 Å². The van der Waals surface area contributed by atoms with Crippen molar-refractivity contribution in [2.75, 3.05) is 19.8 Å². The molecule has 2 rings (SSSR count). The van der Waals surface area contributed by atoms with Crippen molar-refractivity contribution >= 4 is 0 Å². The van der Waals surface area contributed by atoms with Gasteiger partial charge in [0.15, 0.2) is 6.29 Å². The van der Waals surface area contributed by atoms with E-state index >= 15 is 0 Å². The first-order chi connectivity index (χ1) is 9.60. The fourth-order valence-corrected chi connectivity index (χ4v) is 3.08. The van der Waals surface area contributed by atoms with E-state index in [0.29, 0.717) is 6.04 Å². The van der Waals surface area contributed by atoms with Crippen LogP contribution < -0.4 is 5.32 Å². The number of nitrogens with one attached hydrogen (secondary N) is 1. The Hall–Kier alpha value is -0.900. The van der Waals surface area contributed by atoms with Crippen LogP contribution >= 0.6 is 0 Å². The molecule has 0 aromatic heterocycles. The molecule has 20 heavy (non-hydrogen) atoms.